The maximum absolute atomic E-state index is 12.7. The third-order valence-electron chi connectivity index (χ3n) is 3.86. The summed E-state index contributed by atoms with van der Waals surface area (Å²) < 4.78 is 10.3. The monoisotopic (exact) mass is 358 g/mol. The fourth-order valence-electron chi connectivity index (χ4n) is 2.42. The van der Waals surface area contributed by atoms with E-state index in [0.717, 1.165) is 5.56 Å². The highest BCUT2D eigenvalue weighted by molar-refractivity contribution is 5.96. The Morgan fingerprint density at radius 2 is 1.92 bits per heavy atom. The number of nitrogens with zero attached hydrogens (tertiary/aromatic N) is 2. The second-order valence-corrected chi connectivity index (χ2v) is 5.68. The minimum Gasteiger partial charge on any atom is -0.480 e. The van der Waals surface area contributed by atoms with Gasteiger partial charge in [-0.15, -0.1) is 0 Å². The molecule has 0 fully saturated rings. The van der Waals surface area contributed by atoms with E-state index in [4.69, 9.17) is 9.47 Å². The molecule has 1 N–H and O–H groups in total. The molecule has 7 heteroatoms. The molecule has 1 aromatic carbocycles. The van der Waals surface area contributed by atoms with Crippen LogP contribution in [0, 0.1) is 0 Å². The van der Waals surface area contributed by atoms with Crippen LogP contribution in [0.2, 0.25) is 0 Å². The Balaban J connectivity index is 2.13. The molecule has 0 aliphatic heterocycles. The number of carboxylic acid groups (broad SMARTS) is 1. The highest BCUT2D eigenvalue weighted by Gasteiger charge is 2.27. The molecule has 1 atom stereocenters. The minimum atomic E-state index is -1.06. The minimum absolute atomic E-state index is 0.223. The lowest BCUT2D eigenvalue weighted by atomic mass is 10.0. The van der Waals surface area contributed by atoms with Crippen LogP contribution in [0.15, 0.2) is 48.7 Å². The Bertz CT molecular complexity index is 736. The van der Waals surface area contributed by atoms with Gasteiger partial charge in [0.1, 0.15) is 12.6 Å². The molecule has 0 saturated carbocycles. The number of likely N-dealkylation sites (N-methyl/N-ethyl adjacent to an activating group) is 1. The molecule has 138 valence electrons. The molecule has 0 aliphatic rings. The van der Waals surface area contributed by atoms with Gasteiger partial charge in [-0.1, -0.05) is 30.3 Å². The molecular formula is C19H22N2O5. The van der Waals surface area contributed by atoms with Crippen LogP contribution in [0.25, 0.3) is 0 Å². The van der Waals surface area contributed by atoms with E-state index in [-0.39, 0.29) is 12.3 Å². The zero-order valence-electron chi connectivity index (χ0n) is 14.8. The van der Waals surface area contributed by atoms with Gasteiger partial charge >= 0.3 is 5.97 Å². The van der Waals surface area contributed by atoms with Crippen molar-refractivity contribution in [1.29, 1.82) is 0 Å². The molecule has 0 saturated heterocycles. The number of amides is 1. The van der Waals surface area contributed by atoms with Crippen molar-refractivity contribution in [3.63, 3.8) is 0 Å². The predicted octanol–water partition coefficient (Wildman–Crippen LogP) is 1.87. The third kappa shape index (κ3) is 5.29. The maximum atomic E-state index is 12.7. The van der Waals surface area contributed by atoms with Crippen LogP contribution in [0.3, 0.4) is 0 Å². The molecule has 2 aromatic rings. The van der Waals surface area contributed by atoms with Crippen LogP contribution >= 0.6 is 0 Å². The summed E-state index contributed by atoms with van der Waals surface area (Å²) in [7, 11) is 3.04. The van der Waals surface area contributed by atoms with E-state index in [2.05, 4.69) is 4.98 Å². The lowest BCUT2D eigenvalue weighted by molar-refractivity contribution is -0.141. The summed E-state index contributed by atoms with van der Waals surface area (Å²) in [4.78, 5) is 29.7. The van der Waals surface area contributed by atoms with Crippen LogP contribution < -0.4 is 4.74 Å². The number of ether oxygens (including phenoxy) is 2. The molecule has 0 spiro atoms. The van der Waals surface area contributed by atoms with Gasteiger partial charge in [0.15, 0.2) is 0 Å². The highest BCUT2D eigenvalue weighted by atomic mass is 16.5. The van der Waals surface area contributed by atoms with Crippen molar-refractivity contribution in [2.45, 2.75) is 12.5 Å². The summed E-state index contributed by atoms with van der Waals surface area (Å²) in [5.74, 6) is -1.18. The number of carboxylic acids is 1. The number of benzene rings is 1. The van der Waals surface area contributed by atoms with E-state index in [9.17, 15) is 14.7 Å². The fourth-order valence-corrected chi connectivity index (χ4v) is 2.42. The molecule has 2 rings (SSSR count). The first-order valence-corrected chi connectivity index (χ1v) is 8.14. The second kappa shape index (κ2) is 9.53. The number of aromatic nitrogens is 1. The summed E-state index contributed by atoms with van der Waals surface area (Å²) in [5, 5.41) is 9.55. The maximum Gasteiger partial charge on any atom is 0.326 e. The topological polar surface area (TPSA) is 89.0 Å². The molecule has 1 aromatic heterocycles. The Hall–Kier alpha value is -2.93. The van der Waals surface area contributed by atoms with Gasteiger partial charge in [-0.05, 0) is 11.6 Å². The Morgan fingerprint density at radius 3 is 2.58 bits per heavy atom. The van der Waals surface area contributed by atoms with Crippen molar-refractivity contribution >= 4 is 11.9 Å². The SMILES string of the molecule is COCCOc1cc(C(=O)N(C)C(Cc2ccccc2)C(=O)O)ccn1. The van der Waals surface area contributed by atoms with Crippen molar-refractivity contribution in [2.24, 2.45) is 0 Å². The van der Waals surface area contributed by atoms with E-state index in [1.165, 1.54) is 30.3 Å². The van der Waals surface area contributed by atoms with Crippen molar-refractivity contribution in [3.05, 3.63) is 59.8 Å². The van der Waals surface area contributed by atoms with Crippen LogP contribution in [-0.4, -0.2) is 60.3 Å². The predicted molar refractivity (Wildman–Crippen MR) is 95.3 cm³/mol. The normalized spacial score (nSPS) is 11.6. The van der Waals surface area contributed by atoms with Crippen molar-refractivity contribution in [2.75, 3.05) is 27.4 Å². The summed E-state index contributed by atoms with van der Waals surface area (Å²) in [6, 6.07) is 11.3. The number of aliphatic carboxylic acids is 1. The molecule has 0 aliphatic carbocycles. The summed E-state index contributed by atoms with van der Waals surface area (Å²) in [6.45, 7) is 0.709. The van der Waals surface area contributed by atoms with E-state index >= 15 is 0 Å². The Labute approximate surface area is 152 Å². The quantitative estimate of drug-likeness (QED) is 0.689. The number of rotatable bonds is 9. The van der Waals surface area contributed by atoms with Gasteiger partial charge in [-0.3, -0.25) is 4.79 Å². The number of pyridine rings is 1. The van der Waals surface area contributed by atoms with Gasteiger partial charge in [0.05, 0.1) is 6.61 Å². The molecule has 0 bridgehead atoms. The van der Waals surface area contributed by atoms with Gasteiger partial charge in [0.2, 0.25) is 5.88 Å². The lowest BCUT2D eigenvalue weighted by Gasteiger charge is -2.25. The van der Waals surface area contributed by atoms with E-state index in [0.29, 0.717) is 18.8 Å². The van der Waals surface area contributed by atoms with Crippen molar-refractivity contribution in [1.82, 2.24) is 9.88 Å². The average Bonchev–Trinajstić information content (AvgIpc) is 2.66. The standard InChI is InChI=1S/C19H22N2O5/c1-21(16(19(23)24)12-14-6-4-3-5-7-14)18(22)15-8-9-20-17(13-15)26-11-10-25-2/h3-9,13,16H,10-12H2,1-2H3,(H,23,24). The van der Waals surface area contributed by atoms with E-state index in [1.807, 2.05) is 30.3 Å². The number of hydrogen-bond acceptors (Lipinski definition) is 5. The summed E-state index contributed by atoms with van der Waals surface area (Å²) in [5.41, 5.74) is 1.16. The van der Waals surface area contributed by atoms with Gasteiger partial charge in [0, 0.05) is 38.4 Å². The number of carbonyl (C=O) groups is 2. The summed E-state index contributed by atoms with van der Waals surface area (Å²) >= 11 is 0. The zero-order valence-corrected chi connectivity index (χ0v) is 14.8. The molecule has 1 unspecified atom stereocenters. The van der Waals surface area contributed by atoms with Crippen LogP contribution in [0.1, 0.15) is 15.9 Å². The van der Waals surface area contributed by atoms with Crippen molar-refractivity contribution < 1.29 is 24.2 Å². The first-order valence-electron chi connectivity index (χ1n) is 8.14. The number of methoxy groups -OCH3 is 1. The first-order chi connectivity index (χ1) is 12.5. The smallest absolute Gasteiger partial charge is 0.326 e. The van der Waals surface area contributed by atoms with Crippen LogP contribution in [0.4, 0.5) is 0 Å². The Kier molecular flexibility index (Phi) is 7.11. The van der Waals surface area contributed by atoms with Gasteiger partial charge in [0.25, 0.3) is 5.91 Å². The van der Waals surface area contributed by atoms with Crippen LogP contribution in [-0.2, 0) is 16.0 Å². The molecule has 26 heavy (non-hydrogen) atoms. The zero-order chi connectivity index (χ0) is 18.9. The number of carbonyl (C=O) groups excluding carboxylic acids is 1. The molecule has 1 heterocycles. The average molecular weight is 358 g/mol. The van der Waals surface area contributed by atoms with Crippen molar-refractivity contribution in [3.8, 4) is 5.88 Å². The lowest BCUT2D eigenvalue weighted by Crippen LogP contribution is -2.43. The number of hydrogen-bond donors (Lipinski definition) is 1. The summed E-state index contributed by atoms with van der Waals surface area (Å²) in [6.07, 6.45) is 1.68. The van der Waals surface area contributed by atoms with Gasteiger partial charge in [-0.2, -0.15) is 0 Å². The molecular weight excluding hydrogens is 336 g/mol. The molecule has 1 amide bonds. The van der Waals surface area contributed by atoms with Gasteiger partial charge < -0.3 is 19.5 Å². The van der Waals surface area contributed by atoms with Gasteiger partial charge in [-0.25, -0.2) is 9.78 Å². The Morgan fingerprint density at radius 1 is 1.19 bits per heavy atom. The van der Waals surface area contributed by atoms with E-state index < -0.39 is 17.9 Å². The third-order valence-corrected chi connectivity index (χ3v) is 3.86. The highest BCUT2D eigenvalue weighted by Crippen LogP contribution is 2.15. The first kappa shape index (κ1) is 19.4. The molecule has 7 nitrogen and oxygen atoms in total. The molecule has 0 radical (unpaired) electrons. The fraction of sp³-hybridized carbons (Fsp3) is 0.316. The van der Waals surface area contributed by atoms with Crippen LogP contribution in [0.5, 0.6) is 5.88 Å². The second-order valence-electron chi connectivity index (χ2n) is 5.68. The largest absolute Gasteiger partial charge is 0.480 e. The van der Waals surface area contributed by atoms with E-state index in [1.54, 1.807) is 7.11 Å².